The number of hydrogen-bond acceptors (Lipinski definition) is 3. The summed E-state index contributed by atoms with van der Waals surface area (Å²) in [6, 6.07) is 7.28. The van der Waals surface area contributed by atoms with Gasteiger partial charge in [0.2, 0.25) is 0 Å². The van der Waals surface area contributed by atoms with Gasteiger partial charge in [-0.3, -0.25) is 4.79 Å². The molecule has 0 aliphatic carbocycles. The number of aliphatic carboxylic acids is 1. The third-order valence-corrected chi connectivity index (χ3v) is 2.79. The number of aliphatic hydroxyl groups excluding tert-OH is 1. The lowest BCUT2D eigenvalue weighted by atomic mass is 10.1. The number of aliphatic hydroxyl groups is 1. The Morgan fingerprint density at radius 2 is 1.95 bits per heavy atom. The average Bonchev–Trinajstić information content (AvgIpc) is 2.46. The average molecular weight is 275 g/mol. The van der Waals surface area contributed by atoms with Crippen LogP contribution in [0.1, 0.15) is 30.9 Å². The van der Waals surface area contributed by atoms with Crippen molar-refractivity contribution in [3.05, 3.63) is 35.9 Å². The van der Waals surface area contributed by atoms with E-state index in [-0.39, 0.29) is 6.42 Å². The summed E-state index contributed by atoms with van der Waals surface area (Å²) in [5.74, 6) is 0.534. The maximum atomic E-state index is 11.8. The number of rotatable bonds is 7. The van der Waals surface area contributed by atoms with Crippen molar-refractivity contribution in [1.29, 1.82) is 0 Å². The molecule has 5 nitrogen and oxygen atoms in total. The highest BCUT2D eigenvalue weighted by Crippen LogP contribution is 2.13. The van der Waals surface area contributed by atoms with E-state index in [0.717, 1.165) is 0 Å². The van der Waals surface area contributed by atoms with Gasteiger partial charge >= 0.3 is 5.97 Å². The predicted molar refractivity (Wildman–Crippen MR) is 73.7 cm³/mol. The van der Waals surface area contributed by atoms with Crippen molar-refractivity contribution in [1.82, 2.24) is 5.32 Å². The molecular weight excluding hydrogens is 258 g/mol. The van der Waals surface area contributed by atoms with Crippen LogP contribution in [-0.4, -0.2) is 28.1 Å². The Hall–Kier alpha value is -2.32. The molecule has 106 valence electrons. The van der Waals surface area contributed by atoms with Crippen molar-refractivity contribution in [2.45, 2.75) is 31.4 Å². The fraction of sp³-hybridized carbons (Fsp3) is 0.333. The summed E-state index contributed by atoms with van der Waals surface area (Å²) in [4.78, 5) is 22.9. The summed E-state index contributed by atoms with van der Waals surface area (Å²) in [7, 11) is 0. The lowest BCUT2D eigenvalue weighted by molar-refractivity contribution is -0.143. The summed E-state index contributed by atoms with van der Waals surface area (Å²) >= 11 is 0. The predicted octanol–water partition coefficient (Wildman–Crippen LogP) is 1.09. The van der Waals surface area contributed by atoms with E-state index in [4.69, 9.17) is 11.5 Å². The van der Waals surface area contributed by atoms with E-state index in [1.807, 2.05) is 0 Å². The van der Waals surface area contributed by atoms with E-state index >= 15 is 0 Å². The molecule has 0 spiro atoms. The Labute approximate surface area is 117 Å². The fourth-order valence-corrected chi connectivity index (χ4v) is 1.70. The number of benzene rings is 1. The lowest BCUT2D eigenvalue weighted by Crippen LogP contribution is -2.43. The minimum atomic E-state index is -1.38. The van der Waals surface area contributed by atoms with Crippen LogP contribution in [0.5, 0.6) is 0 Å². The highest BCUT2D eigenvalue weighted by molar-refractivity contribution is 5.86. The van der Waals surface area contributed by atoms with Crippen molar-refractivity contribution in [3.8, 4) is 12.3 Å². The molecule has 0 aromatic heterocycles. The summed E-state index contributed by atoms with van der Waals surface area (Å²) < 4.78 is 0. The third kappa shape index (κ3) is 4.75. The molecule has 1 rings (SSSR count). The van der Waals surface area contributed by atoms with Gasteiger partial charge in [-0.15, -0.1) is 12.3 Å². The largest absolute Gasteiger partial charge is 0.480 e. The number of carbonyl (C=O) groups is 2. The molecule has 0 aliphatic heterocycles. The molecule has 2 atom stereocenters. The second-order valence-electron chi connectivity index (χ2n) is 4.31. The molecule has 3 N–H and O–H groups in total. The van der Waals surface area contributed by atoms with Gasteiger partial charge in [-0.05, 0) is 18.4 Å². The number of terminal acetylenes is 1. The zero-order valence-corrected chi connectivity index (χ0v) is 11.0. The molecule has 1 aromatic rings. The van der Waals surface area contributed by atoms with E-state index in [0.29, 0.717) is 18.4 Å². The van der Waals surface area contributed by atoms with Gasteiger partial charge in [-0.25, -0.2) is 4.79 Å². The number of carbonyl (C=O) groups excluding carboxylic acids is 1. The Bertz CT molecular complexity index is 492. The summed E-state index contributed by atoms with van der Waals surface area (Å²) in [6.45, 7) is 0. The standard InChI is InChI=1S/C15H17NO4/c1-2-3-5-10-12(15(19)20)16-14(18)13(17)11-8-6-4-7-9-11/h1,4,6-9,12-13,17H,3,5,10H2,(H,16,18)(H,19,20)/t12-,13+/m1/s1. The third-order valence-electron chi connectivity index (χ3n) is 2.79. The molecule has 0 saturated heterocycles. The Morgan fingerprint density at radius 3 is 2.50 bits per heavy atom. The minimum Gasteiger partial charge on any atom is -0.480 e. The van der Waals surface area contributed by atoms with Crippen LogP contribution in [0, 0.1) is 12.3 Å². The minimum absolute atomic E-state index is 0.229. The first-order valence-electron chi connectivity index (χ1n) is 6.26. The zero-order chi connectivity index (χ0) is 15.0. The van der Waals surface area contributed by atoms with Gasteiger partial charge in [0, 0.05) is 6.42 Å². The van der Waals surface area contributed by atoms with Crippen LogP contribution in [0.4, 0.5) is 0 Å². The molecule has 0 heterocycles. The number of unbranched alkanes of at least 4 members (excludes halogenated alkanes) is 1. The second-order valence-corrected chi connectivity index (χ2v) is 4.31. The number of hydrogen-bond donors (Lipinski definition) is 3. The molecule has 0 fully saturated rings. The quantitative estimate of drug-likeness (QED) is 0.513. The van der Waals surface area contributed by atoms with Crippen LogP contribution in [0.2, 0.25) is 0 Å². The smallest absolute Gasteiger partial charge is 0.326 e. The number of carboxylic acid groups (broad SMARTS) is 1. The molecule has 0 aliphatic rings. The number of amides is 1. The molecule has 0 radical (unpaired) electrons. The van der Waals surface area contributed by atoms with Crippen LogP contribution in [0.25, 0.3) is 0 Å². The Kier molecular flexibility index (Phi) is 6.27. The molecule has 0 unspecified atom stereocenters. The van der Waals surface area contributed by atoms with E-state index in [2.05, 4.69) is 11.2 Å². The van der Waals surface area contributed by atoms with Crippen molar-refractivity contribution in [3.63, 3.8) is 0 Å². The highest BCUT2D eigenvalue weighted by atomic mass is 16.4. The van der Waals surface area contributed by atoms with Crippen LogP contribution in [0.3, 0.4) is 0 Å². The van der Waals surface area contributed by atoms with Crippen LogP contribution >= 0.6 is 0 Å². The van der Waals surface area contributed by atoms with Gasteiger partial charge in [-0.2, -0.15) is 0 Å². The van der Waals surface area contributed by atoms with Crippen LogP contribution in [0.15, 0.2) is 30.3 Å². The topological polar surface area (TPSA) is 86.6 Å². The zero-order valence-electron chi connectivity index (χ0n) is 11.0. The number of carboxylic acids is 1. The van der Waals surface area contributed by atoms with Crippen molar-refractivity contribution >= 4 is 11.9 Å². The SMILES string of the molecule is C#CCCC[C@@H](NC(=O)[C@@H](O)c1ccccc1)C(=O)O. The molecule has 1 amide bonds. The second kappa shape index (κ2) is 7.97. The van der Waals surface area contributed by atoms with E-state index in [1.54, 1.807) is 30.3 Å². The monoisotopic (exact) mass is 275 g/mol. The van der Waals surface area contributed by atoms with Crippen LogP contribution in [-0.2, 0) is 9.59 Å². The first kappa shape index (κ1) is 15.7. The Morgan fingerprint density at radius 1 is 1.30 bits per heavy atom. The molecule has 0 saturated carbocycles. The first-order chi connectivity index (χ1) is 9.56. The normalized spacial score (nSPS) is 13.0. The van der Waals surface area contributed by atoms with Gasteiger partial charge < -0.3 is 15.5 Å². The van der Waals surface area contributed by atoms with Gasteiger partial charge in [0.1, 0.15) is 6.04 Å². The molecular formula is C15H17NO4. The molecule has 1 aromatic carbocycles. The van der Waals surface area contributed by atoms with Crippen molar-refractivity contribution < 1.29 is 19.8 Å². The maximum Gasteiger partial charge on any atom is 0.326 e. The summed E-state index contributed by atoms with van der Waals surface area (Å²) in [5.41, 5.74) is 0.415. The van der Waals surface area contributed by atoms with E-state index in [9.17, 15) is 14.7 Å². The summed E-state index contributed by atoms with van der Waals surface area (Å²) in [6.07, 6.45) is 4.88. The Balaban J connectivity index is 2.62. The van der Waals surface area contributed by atoms with E-state index in [1.165, 1.54) is 0 Å². The van der Waals surface area contributed by atoms with Crippen molar-refractivity contribution in [2.24, 2.45) is 0 Å². The van der Waals surface area contributed by atoms with Gasteiger partial charge in [0.15, 0.2) is 6.10 Å². The van der Waals surface area contributed by atoms with Gasteiger partial charge in [0.05, 0.1) is 0 Å². The molecule has 20 heavy (non-hydrogen) atoms. The first-order valence-corrected chi connectivity index (χ1v) is 6.26. The number of nitrogens with one attached hydrogen (secondary N) is 1. The molecule has 0 bridgehead atoms. The lowest BCUT2D eigenvalue weighted by Gasteiger charge is -2.17. The maximum absolute atomic E-state index is 11.8. The van der Waals surface area contributed by atoms with E-state index < -0.39 is 24.0 Å². The van der Waals surface area contributed by atoms with Gasteiger partial charge in [0.25, 0.3) is 5.91 Å². The van der Waals surface area contributed by atoms with Crippen molar-refractivity contribution in [2.75, 3.05) is 0 Å². The highest BCUT2D eigenvalue weighted by Gasteiger charge is 2.24. The fourth-order valence-electron chi connectivity index (χ4n) is 1.70. The summed E-state index contributed by atoms with van der Waals surface area (Å²) in [5, 5.41) is 21.2. The van der Waals surface area contributed by atoms with Gasteiger partial charge in [-0.1, -0.05) is 30.3 Å². The molecule has 5 heteroatoms. The van der Waals surface area contributed by atoms with Crippen LogP contribution < -0.4 is 5.32 Å².